The zero-order chi connectivity index (χ0) is 14.7. The molecule has 0 saturated carbocycles. The lowest BCUT2D eigenvalue weighted by Gasteiger charge is -2.12. The van der Waals surface area contributed by atoms with Crippen LogP contribution in [0.15, 0.2) is 54.6 Å². The highest BCUT2D eigenvalue weighted by molar-refractivity contribution is 9.09. The number of nitrogens with one attached hydrogen (secondary N) is 1. The van der Waals surface area contributed by atoms with Crippen molar-refractivity contribution in [2.24, 2.45) is 0 Å². The van der Waals surface area contributed by atoms with Gasteiger partial charge in [0.1, 0.15) is 0 Å². The Labute approximate surface area is 136 Å². The van der Waals surface area contributed by atoms with Crippen molar-refractivity contribution in [3.05, 3.63) is 65.9 Å². The molecule has 0 spiro atoms. The number of fused-ring (bicyclic) bond motifs is 8. The molecule has 1 atom stereocenters. The number of rotatable bonds is 0. The minimum absolute atomic E-state index is 0.421. The van der Waals surface area contributed by atoms with Gasteiger partial charge in [-0.3, -0.25) is 0 Å². The van der Waals surface area contributed by atoms with Gasteiger partial charge in [0.2, 0.25) is 0 Å². The van der Waals surface area contributed by atoms with E-state index in [1.807, 2.05) is 0 Å². The van der Waals surface area contributed by atoms with Crippen molar-refractivity contribution in [2.45, 2.75) is 11.2 Å². The van der Waals surface area contributed by atoms with Crippen LogP contribution < -0.4 is 0 Å². The van der Waals surface area contributed by atoms with Crippen LogP contribution in [-0.2, 0) is 6.42 Å². The molecular weight excluding hydrogens is 334 g/mol. The summed E-state index contributed by atoms with van der Waals surface area (Å²) in [6, 6.07) is 17.5. The Morgan fingerprint density at radius 1 is 0.864 bits per heavy atom. The first kappa shape index (κ1) is 12.5. The van der Waals surface area contributed by atoms with Crippen molar-refractivity contribution in [3.63, 3.8) is 0 Å². The third-order valence-electron chi connectivity index (χ3n) is 4.69. The molecule has 106 valence electrons. The first-order valence-electron chi connectivity index (χ1n) is 7.59. The number of hydrogen-bond acceptors (Lipinski definition) is 0. The minimum Gasteiger partial charge on any atom is -0.354 e. The highest BCUT2D eigenvalue weighted by atomic mass is 79.9. The minimum atomic E-state index is 0.421. The average molecular weight is 348 g/mol. The summed E-state index contributed by atoms with van der Waals surface area (Å²) in [7, 11) is 0. The number of allylic oxidation sites excluding steroid dienone is 1. The fraction of sp³-hybridized carbons (Fsp3) is 0.100. The molecule has 0 radical (unpaired) electrons. The van der Waals surface area contributed by atoms with E-state index < -0.39 is 0 Å². The van der Waals surface area contributed by atoms with Gasteiger partial charge in [0.15, 0.2) is 0 Å². The van der Waals surface area contributed by atoms with Gasteiger partial charge in [-0.15, -0.1) is 0 Å². The molecule has 0 fully saturated rings. The topological polar surface area (TPSA) is 15.8 Å². The molecule has 0 saturated heterocycles. The molecule has 1 aliphatic rings. The molecule has 1 aliphatic carbocycles. The lowest BCUT2D eigenvalue weighted by molar-refractivity contribution is 1.03. The van der Waals surface area contributed by atoms with Crippen molar-refractivity contribution in [3.8, 4) is 0 Å². The number of halogens is 1. The van der Waals surface area contributed by atoms with Crippen LogP contribution in [0.5, 0.6) is 0 Å². The van der Waals surface area contributed by atoms with Gasteiger partial charge in [-0.05, 0) is 34.2 Å². The van der Waals surface area contributed by atoms with Crippen LogP contribution in [0.3, 0.4) is 0 Å². The molecule has 3 aromatic carbocycles. The second-order valence-corrected chi connectivity index (χ2v) is 7.11. The zero-order valence-corrected chi connectivity index (χ0v) is 13.5. The molecule has 4 aromatic rings. The molecule has 1 heterocycles. The molecule has 5 rings (SSSR count). The summed E-state index contributed by atoms with van der Waals surface area (Å²) in [5.74, 6) is 0. The largest absolute Gasteiger partial charge is 0.354 e. The Kier molecular flexibility index (Phi) is 2.53. The molecular formula is C20H14BrN. The smallest absolute Gasteiger partial charge is 0.0547 e. The van der Waals surface area contributed by atoms with Gasteiger partial charge in [-0.2, -0.15) is 0 Å². The van der Waals surface area contributed by atoms with E-state index in [2.05, 4.69) is 81.6 Å². The quantitative estimate of drug-likeness (QED) is 0.305. The average Bonchev–Trinajstić information content (AvgIpc) is 2.94. The van der Waals surface area contributed by atoms with Crippen molar-refractivity contribution in [2.75, 3.05) is 0 Å². The second-order valence-electron chi connectivity index (χ2n) is 5.94. The standard InChI is InChI=1S/C20H14BrN/c21-12-9-10-18-17(11-12)19-15-7-3-1-5-13(15)14-6-2-4-8-16(14)20(19)22-18/h1-10,12,22H,11H2. The van der Waals surface area contributed by atoms with E-state index in [4.69, 9.17) is 0 Å². The normalized spacial score (nSPS) is 17.4. The fourth-order valence-corrected chi connectivity index (χ4v) is 4.22. The van der Waals surface area contributed by atoms with Gasteiger partial charge in [0.05, 0.1) is 5.52 Å². The molecule has 1 unspecified atom stereocenters. The van der Waals surface area contributed by atoms with Gasteiger partial charge in [-0.1, -0.05) is 70.5 Å². The second kappa shape index (κ2) is 4.47. The van der Waals surface area contributed by atoms with Crippen LogP contribution in [0.4, 0.5) is 0 Å². The molecule has 2 heteroatoms. The van der Waals surface area contributed by atoms with E-state index in [9.17, 15) is 0 Å². The predicted octanol–water partition coefficient (Wildman–Crippen LogP) is 5.81. The Balaban J connectivity index is 2.10. The Hall–Kier alpha value is -2.06. The highest BCUT2D eigenvalue weighted by Crippen LogP contribution is 2.40. The van der Waals surface area contributed by atoms with E-state index in [0.717, 1.165) is 6.42 Å². The first-order chi connectivity index (χ1) is 10.8. The maximum atomic E-state index is 3.74. The number of aromatic nitrogens is 1. The van der Waals surface area contributed by atoms with Crippen molar-refractivity contribution in [1.82, 2.24) is 4.98 Å². The maximum absolute atomic E-state index is 3.74. The predicted molar refractivity (Wildman–Crippen MR) is 98.8 cm³/mol. The van der Waals surface area contributed by atoms with Crippen LogP contribution in [-0.4, -0.2) is 9.81 Å². The number of alkyl halides is 1. The molecule has 1 aromatic heterocycles. The summed E-state index contributed by atoms with van der Waals surface area (Å²) >= 11 is 3.74. The Morgan fingerprint density at radius 3 is 2.27 bits per heavy atom. The molecule has 0 bridgehead atoms. The number of benzene rings is 3. The SMILES string of the molecule is BrC1C=Cc2[nH]c3c4ccccc4c4ccccc4c3c2C1. The summed E-state index contributed by atoms with van der Waals surface area (Å²) in [4.78, 5) is 4.08. The monoisotopic (exact) mass is 347 g/mol. The van der Waals surface area contributed by atoms with Gasteiger partial charge in [0, 0.05) is 21.3 Å². The molecule has 22 heavy (non-hydrogen) atoms. The lowest BCUT2D eigenvalue weighted by Crippen LogP contribution is -2.03. The van der Waals surface area contributed by atoms with Gasteiger partial charge in [0.25, 0.3) is 0 Å². The van der Waals surface area contributed by atoms with Crippen molar-refractivity contribution in [1.29, 1.82) is 0 Å². The van der Waals surface area contributed by atoms with Crippen LogP contribution in [0, 0.1) is 0 Å². The van der Waals surface area contributed by atoms with Crippen LogP contribution in [0.1, 0.15) is 11.3 Å². The highest BCUT2D eigenvalue weighted by Gasteiger charge is 2.20. The van der Waals surface area contributed by atoms with Crippen LogP contribution in [0.2, 0.25) is 0 Å². The Morgan fingerprint density at radius 2 is 1.50 bits per heavy atom. The van der Waals surface area contributed by atoms with E-state index >= 15 is 0 Å². The van der Waals surface area contributed by atoms with Crippen molar-refractivity contribution >= 4 is 54.5 Å². The molecule has 0 amide bonds. The third-order valence-corrected chi connectivity index (χ3v) is 5.32. The lowest BCUT2D eigenvalue weighted by atomic mass is 9.93. The van der Waals surface area contributed by atoms with Gasteiger partial charge in [-0.25, -0.2) is 0 Å². The fourth-order valence-electron chi connectivity index (χ4n) is 3.75. The van der Waals surface area contributed by atoms with Gasteiger partial charge < -0.3 is 4.98 Å². The van der Waals surface area contributed by atoms with E-state index in [1.165, 1.54) is 43.7 Å². The number of H-pyrrole nitrogens is 1. The summed E-state index contributed by atoms with van der Waals surface area (Å²) in [6.45, 7) is 0. The summed E-state index contributed by atoms with van der Waals surface area (Å²) in [5.41, 5.74) is 3.96. The Bertz CT molecular complexity index is 1070. The van der Waals surface area contributed by atoms with Crippen LogP contribution in [0.25, 0.3) is 38.5 Å². The number of hydrogen-bond donors (Lipinski definition) is 1. The number of aromatic amines is 1. The van der Waals surface area contributed by atoms with Crippen LogP contribution >= 0.6 is 15.9 Å². The van der Waals surface area contributed by atoms with E-state index in [0.29, 0.717) is 4.83 Å². The van der Waals surface area contributed by atoms with E-state index in [1.54, 1.807) is 0 Å². The third kappa shape index (κ3) is 1.59. The van der Waals surface area contributed by atoms with Gasteiger partial charge >= 0.3 is 0 Å². The molecule has 1 N–H and O–H groups in total. The maximum Gasteiger partial charge on any atom is 0.0547 e. The first-order valence-corrected chi connectivity index (χ1v) is 8.51. The molecule has 1 nitrogen and oxygen atoms in total. The van der Waals surface area contributed by atoms with E-state index in [-0.39, 0.29) is 0 Å². The summed E-state index contributed by atoms with van der Waals surface area (Å²) < 4.78 is 0. The molecule has 0 aliphatic heterocycles. The zero-order valence-electron chi connectivity index (χ0n) is 11.9. The summed E-state index contributed by atoms with van der Waals surface area (Å²) in [5, 5.41) is 6.71. The van der Waals surface area contributed by atoms with Crippen molar-refractivity contribution < 1.29 is 0 Å². The summed E-state index contributed by atoms with van der Waals surface area (Å²) in [6.07, 6.45) is 5.47.